The molecular formula is C13H22ClN3OS. The molecule has 1 aromatic heterocycles. The Morgan fingerprint density at radius 3 is 2.53 bits per heavy atom. The topological polar surface area (TPSA) is 54.9 Å². The Balaban J connectivity index is 2.72. The summed E-state index contributed by atoms with van der Waals surface area (Å²) in [5.41, 5.74) is 0.750. The number of hydrogen-bond acceptors (Lipinski definition) is 4. The fourth-order valence-corrected chi connectivity index (χ4v) is 3.03. The zero-order valence-electron chi connectivity index (χ0n) is 12.0. The summed E-state index contributed by atoms with van der Waals surface area (Å²) in [6, 6.07) is 0. The van der Waals surface area contributed by atoms with Gasteiger partial charge in [0, 0.05) is 17.8 Å². The smallest absolute Gasteiger partial charge is 0.264 e. The minimum Gasteiger partial charge on any atom is -0.351 e. The number of carbonyl (C=O) groups is 1. The Labute approximate surface area is 124 Å². The Morgan fingerprint density at radius 1 is 1.42 bits per heavy atom. The number of nitrogens with one attached hydrogen (secondary N) is 1. The number of carbonyl (C=O) groups excluding carboxylic acids is 1. The van der Waals surface area contributed by atoms with Gasteiger partial charge in [-0.25, -0.2) is 0 Å². The third-order valence-corrected chi connectivity index (χ3v) is 4.98. The number of hydrogen-bond donors (Lipinski definition) is 1. The molecule has 0 saturated carbocycles. The average Bonchev–Trinajstić information content (AvgIpc) is 2.90. The van der Waals surface area contributed by atoms with Crippen LogP contribution in [0.4, 0.5) is 0 Å². The van der Waals surface area contributed by atoms with Crippen LogP contribution in [-0.4, -0.2) is 27.9 Å². The van der Waals surface area contributed by atoms with Crippen molar-refractivity contribution in [3.05, 3.63) is 10.6 Å². The van der Waals surface area contributed by atoms with Gasteiger partial charge in [-0.05, 0) is 30.3 Å². The first-order valence-corrected chi connectivity index (χ1v) is 7.96. The number of rotatable bonds is 7. The summed E-state index contributed by atoms with van der Waals surface area (Å²) in [6.07, 6.45) is 1.90. The van der Waals surface area contributed by atoms with Gasteiger partial charge in [0.15, 0.2) is 0 Å². The van der Waals surface area contributed by atoms with E-state index >= 15 is 0 Å². The summed E-state index contributed by atoms with van der Waals surface area (Å²) in [4.78, 5) is 12.8. The monoisotopic (exact) mass is 303 g/mol. The molecule has 1 rings (SSSR count). The molecule has 108 valence electrons. The molecule has 0 atom stereocenters. The van der Waals surface area contributed by atoms with Crippen LogP contribution in [0.1, 0.15) is 61.8 Å². The van der Waals surface area contributed by atoms with Gasteiger partial charge in [-0.3, -0.25) is 4.79 Å². The van der Waals surface area contributed by atoms with E-state index in [1.54, 1.807) is 0 Å². The highest BCUT2D eigenvalue weighted by atomic mass is 35.5. The molecule has 19 heavy (non-hydrogen) atoms. The van der Waals surface area contributed by atoms with E-state index in [1.807, 2.05) is 13.8 Å². The number of nitrogens with zero attached hydrogens (tertiary/aromatic N) is 2. The normalized spacial score (nSPS) is 11.9. The lowest BCUT2D eigenvalue weighted by atomic mass is 9.84. The van der Waals surface area contributed by atoms with E-state index in [0.717, 1.165) is 30.1 Å². The van der Waals surface area contributed by atoms with Crippen molar-refractivity contribution in [1.82, 2.24) is 14.9 Å². The van der Waals surface area contributed by atoms with E-state index < -0.39 is 0 Å². The van der Waals surface area contributed by atoms with Crippen LogP contribution in [0.3, 0.4) is 0 Å². The van der Waals surface area contributed by atoms with Crippen LogP contribution >= 0.6 is 23.1 Å². The summed E-state index contributed by atoms with van der Waals surface area (Å²) in [5, 5.41) is 7.00. The van der Waals surface area contributed by atoms with Crippen LogP contribution in [0.15, 0.2) is 0 Å². The second kappa shape index (κ2) is 7.20. The summed E-state index contributed by atoms with van der Waals surface area (Å²) in [6.45, 7) is 8.82. The second-order valence-electron chi connectivity index (χ2n) is 5.17. The molecule has 6 heteroatoms. The Morgan fingerprint density at radius 2 is 2.05 bits per heavy atom. The molecule has 0 aliphatic carbocycles. The molecule has 0 unspecified atom stereocenters. The van der Waals surface area contributed by atoms with Crippen LogP contribution in [0.5, 0.6) is 0 Å². The molecule has 4 nitrogen and oxygen atoms in total. The molecule has 0 aliphatic heterocycles. The van der Waals surface area contributed by atoms with Gasteiger partial charge >= 0.3 is 0 Å². The first-order valence-electron chi connectivity index (χ1n) is 6.66. The van der Waals surface area contributed by atoms with Crippen molar-refractivity contribution in [2.24, 2.45) is 5.41 Å². The minimum atomic E-state index is -0.0879. The maximum atomic E-state index is 12.2. The molecular weight excluding hydrogens is 282 g/mol. The number of amides is 1. The second-order valence-corrected chi connectivity index (χ2v) is 6.19. The number of aromatic nitrogens is 2. The fourth-order valence-electron chi connectivity index (χ4n) is 1.82. The predicted molar refractivity (Wildman–Crippen MR) is 80.1 cm³/mol. The highest BCUT2D eigenvalue weighted by Crippen LogP contribution is 2.27. The molecule has 1 heterocycles. The lowest BCUT2D eigenvalue weighted by Crippen LogP contribution is -2.38. The van der Waals surface area contributed by atoms with Crippen LogP contribution in [0.25, 0.3) is 0 Å². The zero-order chi connectivity index (χ0) is 14.5. The standard InChI is InChI=1S/C13H22ClN3OS/c1-5-13(6-2,7-14)8-15-12(18)11-10(9(3)4)16-17-19-11/h9H,5-8H2,1-4H3,(H,15,18). The van der Waals surface area contributed by atoms with E-state index in [4.69, 9.17) is 11.6 Å². The predicted octanol–water partition coefficient (Wildman–Crippen LogP) is 3.44. The molecule has 1 aromatic rings. The van der Waals surface area contributed by atoms with Crippen molar-refractivity contribution in [2.45, 2.75) is 46.5 Å². The summed E-state index contributed by atoms with van der Waals surface area (Å²) < 4.78 is 3.87. The first-order chi connectivity index (χ1) is 8.99. The van der Waals surface area contributed by atoms with Crippen molar-refractivity contribution in [3.8, 4) is 0 Å². The third-order valence-electron chi connectivity index (χ3n) is 3.67. The molecule has 0 bridgehead atoms. The van der Waals surface area contributed by atoms with Gasteiger partial charge in [-0.2, -0.15) is 0 Å². The van der Waals surface area contributed by atoms with Gasteiger partial charge in [0.2, 0.25) is 0 Å². The quantitative estimate of drug-likeness (QED) is 0.785. The largest absolute Gasteiger partial charge is 0.351 e. The molecule has 1 amide bonds. The highest BCUT2D eigenvalue weighted by Gasteiger charge is 2.27. The van der Waals surface area contributed by atoms with Crippen molar-refractivity contribution in [1.29, 1.82) is 0 Å². The van der Waals surface area contributed by atoms with Crippen LogP contribution < -0.4 is 5.32 Å². The maximum absolute atomic E-state index is 12.2. The van der Waals surface area contributed by atoms with Gasteiger partial charge in [-0.15, -0.1) is 16.7 Å². The summed E-state index contributed by atoms with van der Waals surface area (Å²) in [5.74, 6) is 0.669. The molecule has 0 fully saturated rings. The fraction of sp³-hybridized carbons (Fsp3) is 0.769. The Hall–Kier alpha value is -0.680. The molecule has 0 spiro atoms. The summed E-state index contributed by atoms with van der Waals surface area (Å²) in [7, 11) is 0. The lowest BCUT2D eigenvalue weighted by Gasteiger charge is -2.29. The van der Waals surface area contributed by atoms with E-state index in [9.17, 15) is 4.79 Å². The summed E-state index contributed by atoms with van der Waals surface area (Å²) >= 11 is 7.19. The Bertz CT molecular complexity index is 408. The van der Waals surface area contributed by atoms with E-state index in [2.05, 4.69) is 28.8 Å². The van der Waals surface area contributed by atoms with Crippen LogP contribution in [0, 0.1) is 5.41 Å². The van der Waals surface area contributed by atoms with Crippen LogP contribution in [0.2, 0.25) is 0 Å². The zero-order valence-corrected chi connectivity index (χ0v) is 13.6. The maximum Gasteiger partial charge on any atom is 0.264 e. The van der Waals surface area contributed by atoms with Crippen LogP contribution in [-0.2, 0) is 0 Å². The van der Waals surface area contributed by atoms with Crippen molar-refractivity contribution in [3.63, 3.8) is 0 Å². The van der Waals surface area contributed by atoms with E-state index in [0.29, 0.717) is 17.3 Å². The van der Waals surface area contributed by atoms with E-state index in [-0.39, 0.29) is 17.2 Å². The Kier molecular flexibility index (Phi) is 6.20. The lowest BCUT2D eigenvalue weighted by molar-refractivity contribution is 0.0934. The van der Waals surface area contributed by atoms with Gasteiger partial charge < -0.3 is 5.32 Å². The number of halogens is 1. The minimum absolute atomic E-state index is 0.0205. The van der Waals surface area contributed by atoms with E-state index in [1.165, 1.54) is 0 Å². The molecule has 0 radical (unpaired) electrons. The SMILES string of the molecule is CCC(CC)(CCl)CNC(=O)c1snnc1C(C)C. The van der Waals surface area contributed by atoms with Crippen molar-refractivity contribution >= 4 is 29.0 Å². The molecule has 0 saturated heterocycles. The molecule has 0 aromatic carbocycles. The number of alkyl halides is 1. The van der Waals surface area contributed by atoms with Crippen molar-refractivity contribution < 1.29 is 4.79 Å². The molecule has 1 N–H and O–H groups in total. The van der Waals surface area contributed by atoms with Gasteiger partial charge in [0.1, 0.15) is 4.88 Å². The third kappa shape index (κ3) is 3.89. The average molecular weight is 304 g/mol. The van der Waals surface area contributed by atoms with Gasteiger partial charge in [-0.1, -0.05) is 32.2 Å². The van der Waals surface area contributed by atoms with Gasteiger partial charge in [0.05, 0.1) is 5.69 Å². The van der Waals surface area contributed by atoms with Crippen molar-refractivity contribution in [2.75, 3.05) is 12.4 Å². The molecule has 0 aliphatic rings. The highest BCUT2D eigenvalue weighted by molar-refractivity contribution is 7.08. The first kappa shape index (κ1) is 16.4. The van der Waals surface area contributed by atoms with Gasteiger partial charge in [0.25, 0.3) is 5.91 Å².